The molecule has 0 spiro atoms. The zero-order valence-corrected chi connectivity index (χ0v) is 15.0. The maximum Gasteiger partial charge on any atom is 0.342 e. The first-order valence-electron chi connectivity index (χ1n) is 7.04. The fourth-order valence-electron chi connectivity index (χ4n) is 2.13. The van der Waals surface area contributed by atoms with Crippen molar-refractivity contribution in [2.45, 2.75) is 20.4 Å². The molecule has 2 heterocycles. The molecule has 0 aliphatic carbocycles. The number of thiophene rings is 1. The Labute approximate surface area is 147 Å². The van der Waals surface area contributed by atoms with Crippen molar-refractivity contribution in [3.05, 3.63) is 54.7 Å². The third-order valence-electron chi connectivity index (χ3n) is 3.31. The molecule has 2 aromatic heterocycles. The SMILES string of the molecule is Cc1cc(=O)oc(C)c1C(=O)OCC(=O)N(C)Cc1ccc(Cl)s1. The Bertz CT molecular complexity index is 800. The normalized spacial score (nSPS) is 10.5. The van der Waals surface area contributed by atoms with E-state index in [1.165, 1.54) is 29.2 Å². The summed E-state index contributed by atoms with van der Waals surface area (Å²) in [6.45, 7) is 3.09. The molecule has 2 rings (SSSR count). The number of esters is 1. The molecule has 0 saturated heterocycles. The van der Waals surface area contributed by atoms with Gasteiger partial charge in [-0.1, -0.05) is 11.6 Å². The van der Waals surface area contributed by atoms with Crippen molar-refractivity contribution in [2.24, 2.45) is 0 Å². The van der Waals surface area contributed by atoms with Crippen LogP contribution in [0.5, 0.6) is 0 Å². The van der Waals surface area contributed by atoms with E-state index in [4.69, 9.17) is 20.8 Å². The van der Waals surface area contributed by atoms with Gasteiger partial charge in [-0.25, -0.2) is 9.59 Å². The van der Waals surface area contributed by atoms with E-state index in [9.17, 15) is 14.4 Å². The summed E-state index contributed by atoms with van der Waals surface area (Å²) < 4.78 is 10.6. The molecular weight excluding hydrogens is 354 g/mol. The third kappa shape index (κ3) is 4.46. The number of ether oxygens (including phenoxy) is 1. The van der Waals surface area contributed by atoms with E-state index in [-0.39, 0.29) is 17.2 Å². The highest BCUT2D eigenvalue weighted by Crippen LogP contribution is 2.22. The van der Waals surface area contributed by atoms with Crippen molar-refractivity contribution in [1.82, 2.24) is 4.90 Å². The summed E-state index contributed by atoms with van der Waals surface area (Å²) in [5.74, 6) is -0.880. The van der Waals surface area contributed by atoms with Crippen LogP contribution in [0.3, 0.4) is 0 Å². The largest absolute Gasteiger partial charge is 0.452 e. The molecule has 24 heavy (non-hydrogen) atoms. The lowest BCUT2D eigenvalue weighted by molar-refractivity contribution is -0.133. The zero-order valence-electron chi connectivity index (χ0n) is 13.4. The van der Waals surface area contributed by atoms with E-state index >= 15 is 0 Å². The molecule has 1 amide bonds. The Hall–Kier alpha value is -2.12. The summed E-state index contributed by atoms with van der Waals surface area (Å²) in [4.78, 5) is 37.8. The van der Waals surface area contributed by atoms with Crippen LogP contribution in [0.15, 0.2) is 27.4 Å². The van der Waals surface area contributed by atoms with Gasteiger partial charge in [-0.2, -0.15) is 0 Å². The molecule has 0 bridgehead atoms. The summed E-state index contributed by atoms with van der Waals surface area (Å²) in [5, 5.41) is 0. The summed E-state index contributed by atoms with van der Waals surface area (Å²) in [6.07, 6.45) is 0. The number of likely N-dealkylation sites (N-methyl/N-ethyl adjacent to an activating group) is 1. The number of hydrogen-bond donors (Lipinski definition) is 0. The Kier molecular flexibility index (Phi) is 5.80. The Balaban J connectivity index is 1.96. The van der Waals surface area contributed by atoms with Gasteiger partial charge in [0.2, 0.25) is 0 Å². The molecular formula is C16H16ClNO5S. The number of aryl methyl sites for hydroxylation is 2. The maximum atomic E-state index is 12.1. The van der Waals surface area contributed by atoms with Gasteiger partial charge < -0.3 is 14.1 Å². The first-order valence-corrected chi connectivity index (χ1v) is 8.24. The van der Waals surface area contributed by atoms with Gasteiger partial charge in [0, 0.05) is 18.0 Å². The molecule has 128 valence electrons. The fourth-order valence-corrected chi connectivity index (χ4v) is 3.27. The predicted molar refractivity (Wildman–Crippen MR) is 90.5 cm³/mol. The van der Waals surface area contributed by atoms with E-state index in [1.54, 1.807) is 20.0 Å². The van der Waals surface area contributed by atoms with Gasteiger partial charge >= 0.3 is 11.6 Å². The topological polar surface area (TPSA) is 76.8 Å². The Morgan fingerprint density at radius 2 is 2.04 bits per heavy atom. The van der Waals surface area contributed by atoms with Gasteiger partial charge in [0.05, 0.1) is 10.9 Å². The number of carbonyl (C=O) groups is 2. The monoisotopic (exact) mass is 369 g/mol. The molecule has 0 fully saturated rings. The van der Waals surface area contributed by atoms with Crippen LogP contribution >= 0.6 is 22.9 Å². The van der Waals surface area contributed by atoms with Crippen molar-refractivity contribution < 1.29 is 18.7 Å². The molecule has 0 aromatic carbocycles. The number of rotatable bonds is 5. The van der Waals surface area contributed by atoms with Gasteiger partial charge in [-0.05, 0) is 31.5 Å². The van der Waals surface area contributed by atoms with E-state index in [0.29, 0.717) is 16.4 Å². The van der Waals surface area contributed by atoms with E-state index < -0.39 is 18.2 Å². The van der Waals surface area contributed by atoms with Crippen LogP contribution < -0.4 is 5.63 Å². The molecule has 8 heteroatoms. The quantitative estimate of drug-likeness (QED) is 0.757. The lowest BCUT2D eigenvalue weighted by atomic mass is 10.1. The Morgan fingerprint density at radius 1 is 1.33 bits per heavy atom. The molecule has 6 nitrogen and oxygen atoms in total. The maximum absolute atomic E-state index is 12.1. The highest BCUT2D eigenvalue weighted by Gasteiger charge is 2.19. The van der Waals surface area contributed by atoms with Crippen LogP contribution in [0.4, 0.5) is 0 Å². The van der Waals surface area contributed by atoms with Crippen molar-refractivity contribution in [2.75, 3.05) is 13.7 Å². The van der Waals surface area contributed by atoms with E-state index in [2.05, 4.69) is 0 Å². The van der Waals surface area contributed by atoms with E-state index in [1.807, 2.05) is 6.07 Å². The lowest BCUT2D eigenvalue weighted by Crippen LogP contribution is -2.30. The molecule has 0 radical (unpaired) electrons. The first-order chi connectivity index (χ1) is 11.3. The smallest absolute Gasteiger partial charge is 0.342 e. The molecule has 0 aliphatic heterocycles. The summed E-state index contributed by atoms with van der Waals surface area (Å²) in [5.41, 5.74) is 0.0739. The molecule has 0 N–H and O–H groups in total. The summed E-state index contributed by atoms with van der Waals surface area (Å²) in [7, 11) is 1.61. The third-order valence-corrected chi connectivity index (χ3v) is 4.53. The minimum Gasteiger partial charge on any atom is -0.452 e. The van der Waals surface area contributed by atoms with Crippen LogP contribution in [0.1, 0.15) is 26.6 Å². The van der Waals surface area contributed by atoms with Crippen LogP contribution in [-0.4, -0.2) is 30.4 Å². The standard InChI is InChI=1S/C16H16ClNO5S/c1-9-6-14(20)23-10(2)15(9)16(21)22-8-13(19)18(3)7-11-4-5-12(17)24-11/h4-6H,7-8H2,1-3H3. The minimum absolute atomic E-state index is 0.162. The molecule has 0 atom stereocenters. The van der Waals surface area contributed by atoms with Gasteiger partial charge in [0.25, 0.3) is 5.91 Å². The number of hydrogen-bond acceptors (Lipinski definition) is 6. The molecule has 0 aliphatic rings. The van der Waals surface area contributed by atoms with Crippen LogP contribution in [0.25, 0.3) is 0 Å². The summed E-state index contributed by atoms with van der Waals surface area (Å²) >= 11 is 7.23. The average Bonchev–Trinajstić information content (AvgIpc) is 2.88. The van der Waals surface area contributed by atoms with Gasteiger partial charge in [-0.3, -0.25) is 4.79 Å². The highest BCUT2D eigenvalue weighted by molar-refractivity contribution is 7.16. The van der Waals surface area contributed by atoms with Crippen LogP contribution in [-0.2, 0) is 16.1 Å². The number of carbonyl (C=O) groups excluding carboxylic acids is 2. The molecule has 2 aromatic rings. The van der Waals surface area contributed by atoms with Crippen molar-refractivity contribution in [3.63, 3.8) is 0 Å². The number of nitrogens with zero attached hydrogens (tertiary/aromatic N) is 1. The number of halogens is 1. The van der Waals surface area contributed by atoms with Gasteiger partial charge in [-0.15, -0.1) is 11.3 Å². The average molecular weight is 370 g/mol. The second-order valence-corrected chi connectivity index (χ2v) is 7.01. The van der Waals surface area contributed by atoms with Crippen LogP contribution in [0.2, 0.25) is 4.34 Å². The second kappa shape index (κ2) is 7.63. The van der Waals surface area contributed by atoms with Crippen molar-refractivity contribution >= 4 is 34.8 Å². The van der Waals surface area contributed by atoms with Gasteiger partial charge in [0.1, 0.15) is 11.3 Å². The molecule has 0 saturated carbocycles. The summed E-state index contributed by atoms with van der Waals surface area (Å²) in [6, 6.07) is 4.80. The van der Waals surface area contributed by atoms with Crippen LogP contribution in [0, 0.1) is 13.8 Å². The second-order valence-electron chi connectivity index (χ2n) is 5.21. The lowest BCUT2D eigenvalue weighted by Gasteiger charge is -2.16. The van der Waals surface area contributed by atoms with Gasteiger partial charge in [0.15, 0.2) is 6.61 Å². The first kappa shape index (κ1) is 18.2. The van der Waals surface area contributed by atoms with Crippen molar-refractivity contribution in [1.29, 1.82) is 0 Å². The number of amides is 1. The molecule has 0 unspecified atom stereocenters. The predicted octanol–water partition coefficient (Wildman–Crippen LogP) is 2.79. The Morgan fingerprint density at radius 3 is 2.62 bits per heavy atom. The minimum atomic E-state index is -0.699. The zero-order chi connectivity index (χ0) is 17.9. The van der Waals surface area contributed by atoms with E-state index in [0.717, 1.165) is 4.88 Å². The highest BCUT2D eigenvalue weighted by atomic mass is 35.5. The van der Waals surface area contributed by atoms with Crippen molar-refractivity contribution in [3.8, 4) is 0 Å². The fraction of sp³-hybridized carbons (Fsp3) is 0.312.